The molecule has 2 fully saturated rings. The number of benzene rings is 2. The zero-order chi connectivity index (χ0) is 26.1. The summed E-state index contributed by atoms with van der Waals surface area (Å²) in [6.07, 6.45) is 6.54. The molecule has 0 bridgehead atoms. The standard InChI is InChI=1S/C29H34ClN5O3/c30-22-7-8-24(26(36)15-22)27-29(33-19-35(27)18-20-5-6-20,16-21-17-32-25-4-2-1-3-23(21)25)28(37)31-9-10-34-11-13-38-14-12-34/h1-4,7-8,15,17,19-20,27,32,36H,5-6,9-14,16,18H2,(H,31,37)/t27-,29+/m0/s1. The third-order valence-electron chi connectivity index (χ3n) is 8.02. The molecular formula is C29H34ClN5O3. The van der Waals surface area contributed by atoms with E-state index in [4.69, 9.17) is 21.3 Å². The number of fused-ring (bicyclic) bond motifs is 1. The van der Waals surface area contributed by atoms with Crippen molar-refractivity contribution >= 4 is 34.7 Å². The van der Waals surface area contributed by atoms with E-state index in [0.29, 0.717) is 29.5 Å². The molecule has 0 unspecified atom stereocenters. The number of aromatic hydroxyl groups is 1. The van der Waals surface area contributed by atoms with Gasteiger partial charge in [-0.1, -0.05) is 35.9 Å². The molecule has 3 aromatic rings. The number of carbonyl (C=O) groups is 1. The molecule has 2 atom stereocenters. The molecule has 200 valence electrons. The number of ether oxygens (including phenoxy) is 1. The lowest BCUT2D eigenvalue weighted by atomic mass is 9.79. The van der Waals surface area contributed by atoms with Gasteiger partial charge in [-0.15, -0.1) is 0 Å². The quantitative estimate of drug-likeness (QED) is 0.388. The number of rotatable bonds is 9. The number of H-pyrrole nitrogens is 1. The van der Waals surface area contributed by atoms with E-state index in [-0.39, 0.29) is 11.7 Å². The highest BCUT2D eigenvalue weighted by atomic mass is 35.5. The molecule has 3 N–H and O–H groups in total. The summed E-state index contributed by atoms with van der Waals surface area (Å²) in [4.78, 5) is 27.1. The van der Waals surface area contributed by atoms with E-state index in [1.165, 1.54) is 12.8 Å². The Morgan fingerprint density at radius 2 is 2.03 bits per heavy atom. The van der Waals surface area contributed by atoms with Crippen LogP contribution in [0, 0.1) is 5.92 Å². The number of hydrogen-bond donors (Lipinski definition) is 3. The highest BCUT2D eigenvalue weighted by Crippen LogP contribution is 2.47. The molecule has 6 rings (SSSR count). The average Bonchev–Trinajstić information content (AvgIpc) is 3.55. The smallest absolute Gasteiger partial charge is 0.250 e. The van der Waals surface area contributed by atoms with Crippen LogP contribution in [0.4, 0.5) is 0 Å². The van der Waals surface area contributed by atoms with Crippen LogP contribution in [0.1, 0.15) is 30.0 Å². The monoisotopic (exact) mass is 535 g/mol. The van der Waals surface area contributed by atoms with Gasteiger partial charge in [-0.05, 0) is 42.5 Å². The Morgan fingerprint density at radius 1 is 1.21 bits per heavy atom. The third kappa shape index (κ3) is 5.00. The van der Waals surface area contributed by atoms with Crippen LogP contribution in [0.15, 0.2) is 53.7 Å². The number of morpholine rings is 1. The highest BCUT2D eigenvalue weighted by Gasteiger charge is 2.53. The number of nitrogens with one attached hydrogen (secondary N) is 2. The Balaban J connectivity index is 1.36. The first-order valence-corrected chi connectivity index (χ1v) is 13.8. The van der Waals surface area contributed by atoms with Crippen LogP contribution >= 0.6 is 11.6 Å². The molecule has 8 nitrogen and oxygen atoms in total. The SMILES string of the molecule is O=C(NCCN1CCOCC1)[C@]1(Cc2c[nH]c3ccccc23)N=CN(CC2CC2)[C@H]1c1ccc(Cl)cc1O. The van der Waals surface area contributed by atoms with Crippen molar-refractivity contribution in [2.45, 2.75) is 30.8 Å². The maximum absolute atomic E-state index is 14.3. The van der Waals surface area contributed by atoms with E-state index in [1.54, 1.807) is 12.1 Å². The molecule has 3 aliphatic rings. The minimum atomic E-state index is -1.16. The summed E-state index contributed by atoms with van der Waals surface area (Å²) in [5.41, 5.74) is 1.55. The van der Waals surface area contributed by atoms with Crippen molar-refractivity contribution in [2.75, 3.05) is 45.9 Å². The molecule has 9 heteroatoms. The van der Waals surface area contributed by atoms with Gasteiger partial charge in [0.05, 0.1) is 25.6 Å². The van der Waals surface area contributed by atoms with Crippen molar-refractivity contribution in [3.63, 3.8) is 0 Å². The van der Waals surface area contributed by atoms with Crippen LogP contribution in [0.3, 0.4) is 0 Å². The van der Waals surface area contributed by atoms with E-state index < -0.39 is 11.6 Å². The zero-order valence-corrected chi connectivity index (χ0v) is 22.2. The van der Waals surface area contributed by atoms with Gasteiger partial charge in [0, 0.05) is 66.8 Å². The molecular weight excluding hydrogens is 502 g/mol. The summed E-state index contributed by atoms with van der Waals surface area (Å²) in [5, 5.41) is 15.8. The van der Waals surface area contributed by atoms with Gasteiger partial charge in [0.15, 0.2) is 5.54 Å². The molecule has 2 aliphatic heterocycles. The van der Waals surface area contributed by atoms with E-state index in [0.717, 1.165) is 55.9 Å². The minimum absolute atomic E-state index is 0.0817. The summed E-state index contributed by atoms with van der Waals surface area (Å²) in [6.45, 7) is 5.24. The van der Waals surface area contributed by atoms with Crippen molar-refractivity contribution in [1.29, 1.82) is 0 Å². The summed E-state index contributed by atoms with van der Waals surface area (Å²) in [6, 6.07) is 12.8. The van der Waals surface area contributed by atoms with Gasteiger partial charge in [0.2, 0.25) is 0 Å². The second-order valence-corrected chi connectivity index (χ2v) is 11.1. The Labute approximate surface area is 227 Å². The summed E-state index contributed by atoms with van der Waals surface area (Å²) in [7, 11) is 0. The van der Waals surface area contributed by atoms with Crippen LogP contribution < -0.4 is 5.32 Å². The molecule has 2 aromatic carbocycles. The van der Waals surface area contributed by atoms with Gasteiger partial charge in [-0.3, -0.25) is 14.7 Å². The second-order valence-electron chi connectivity index (χ2n) is 10.7. The Hall–Kier alpha value is -3.07. The van der Waals surface area contributed by atoms with Crippen molar-refractivity contribution in [2.24, 2.45) is 10.9 Å². The number of aliphatic imine (C=N–C) groups is 1. The first-order chi connectivity index (χ1) is 18.5. The fraction of sp³-hybridized carbons (Fsp3) is 0.448. The summed E-state index contributed by atoms with van der Waals surface area (Å²) < 4.78 is 5.46. The lowest BCUT2D eigenvalue weighted by molar-refractivity contribution is -0.127. The molecule has 1 saturated carbocycles. The van der Waals surface area contributed by atoms with Gasteiger partial charge < -0.3 is 25.0 Å². The predicted octanol–water partition coefficient (Wildman–Crippen LogP) is 3.75. The van der Waals surface area contributed by atoms with Gasteiger partial charge >= 0.3 is 0 Å². The molecule has 1 saturated heterocycles. The van der Waals surface area contributed by atoms with E-state index in [2.05, 4.69) is 26.2 Å². The minimum Gasteiger partial charge on any atom is -0.508 e. The van der Waals surface area contributed by atoms with Crippen molar-refractivity contribution in [1.82, 2.24) is 20.1 Å². The van der Waals surface area contributed by atoms with Crippen LogP contribution in [0.25, 0.3) is 10.9 Å². The second kappa shape index (κ2) is 10.6. The van der Waals surface area contributed by atoms with E-state index >= 15 is 0 Å². The molecule has 3 heterocycles. The van der Waals surface area contributed by atoms with Crippen LogP contribution in [0.5, 0.6) is 5.75 Å². The molecule has 1 aliphatic carbocycles. The number of carbonyl (C=O) groups excluding carboxylic acids is 1. The van der Waals surface area contributed by atoms with E-state index in [1.807, 2.05) is 36.8 Å². The molecule has 0 radical (unpaired) electrons. The lowest BCUT2D eigenvalue weighted by Crippen LogP contribution is -2.53. The number of amides is 1. The van der Waals surface area contributed by atoms with E-state index in [9.17, 15) is 9.90 Å². The third-order valence-corrected chi connectivity index (χ3v) is 8.25. The van der Waals surface area contributed by atoms with Crippen molar-refractivity contribution < 1.29 is 14.6 Å². The van der Waals surface area contributed by atoms with Crippen LogP contribution in [-0.4, -0.2) is 83.6 Å². The maximum Gasteiger partial charge on any atom is 0.250 e. The molecule has 1 aromatic heterocycles. The average molecular weight is 536 g/mol. The van der Waals surface area contributed by atoms with Gasteiger partial charge in [0.1, 0.15) is 5.75 Å². The zero-order valence-electron chi connectivity index (χ0n) is 21.4. The number of aromatic nitrogens is 1. The van der Waals surface area contributed by atoms with Crippen LogP contribution in [-0.2, 0) is 16.0 Å². The molecule has 38 heavy (non-hydrogen) atoms. The topological polar surface area (TPSA) is 93.2 Å². The Morgan fingerprint density at radius 3 is 2.82 bits per heavy atom. The van der Waals surface area contributed by atoms with Crippen LogP contribution in [0.2, 0.25) is 5.02 Å². The molecule has 0 spiro atoms. The molecule has 1 amide bonds. The number of nitrogens with zero attached hydrogens (tertiary/aromatic N) is 3. The maximum atomic E-state index is 14.3. The number of aromatic amines is 1. The number of halogens is 1. The lowest BCUT2D eigenvalue weighted by Gasteiger charge is -2.37. The fourth-order valence-electron chi connectivity index (χ4n) is 5.80. The normalized spacial score (nSPS) is 23.8. The first kappa shape index (κ1) is 25.2. The fourth-order valence-corrected chi connectivity index (χ4v) is 5.97. The van der Waals surface area contributed by atoms with Crippen molar-refractivity contribution in [3.05, 3.63) is 64.8 Å². The Bertz CT molecular complexity index is 1330. The predicted molar refractivity (Wildman–Crippen MR) is 149 cm³/mol. The first-order valence-electron chi connectivity index (χ1n) is 13.5. The van der Waals surface area contributed by atoms with Gasteiger partial charge in [-0.25, -0.2) is 0 Å². The summed E-state index contributed by atoms with van der Waals surface area (Å²) in [5.74, 6) is 0.523. The van der Waals surface area contributed by atoms with Gasteiger partial charge in [0.25, 0.3) is 5.91 Å². The van der Waals surface area contributed by atoms with Crippen molar-refractivity contribution in [3.8, 4) is 5.75 Å². The largest absolute Gasteiger partial charge is 0.508 e. The Kier molecular flexibility index (Phi) is 7.03. The number of phenols is 1. The van der Waals surface area contributed by atoms with Gasteiger partial charge in [-0.2, -0.15) is 0 Å². The number of para-hydroxylation sites is 1. The number of hydrogen-bond acceptors (Lipinski definition) is 6. The highest BCUT2D eigenvalue weighted by molar-refractivity contribution is 6.30. The summed E-state index contributed by atoms with van der Waals surface area (Å²) >= 11 is 6.21. The number of phenolic OH excluding ortho intramolecular Hbond substituents is 1.